The van der Waals surface area contributed by atoms with Crippen LogP contribution in [0, 0.1) is 0 Å². The van der Waals surface area contributed by atoms with Gasteiger partial charge in [-0.3, -0.25) is 9.71 Å². The fraction of sp³-hybridized carbons (Fsp3) is 0. The lowest BCUT2D eigenvalue weighted by molar-refractivity contribution is 0.603. The smallest absolute Gasteiger partial charge is 0.268 e. The van der Waals surface area contributed by atoms with Crippen LogP contribution in [0.15, 0.2) is 18.5 Å². The van der Waals surface area contributed by atoms with Crippen LogP contribution >= 0.6 is 11.6 Å². The third-order valence-corrected chi connectivity index (χ3v) is 1.85. The Balaban J connectivity index is 2.98. The van der Waals surface area contributed by atoms with E-state index in [1.807, 2.05) is 4.72 Å². The zero-order chi connectivity index (χ0) is 9.19. The second-order valence-electron chi connectivity index (χ2n) is 2.00. The molecule has 1 heterocycles. The molecule has 0 fully saturated rings. The Labute approximate surface area is 74.7 Å². The van der Waals surface area contributed by atoms with Gasteiger partial charge in [0.15, 0.2) is 0 Å². The molecule has 0 atom stereocenters. The first-order valence-corrected chi connectivity index (χ1v) is 4.81. The summed E-state index contributed by atoms with van der Waals surface area (Å²) < 4.78 is 23.1. The zero-order valence-electron chi connectivity index (χ0n) is 5.86. The Morgan fingerprint density at radius 2 is 2.25 bits per heavy atom. The van der Waals surface area contributed by atoms with Crippen molar-refractivity contribution in [3.8, 4) is 0 Å². The Hall–Kier alpha value is -0.850. The first-order valence-electron chi connectivity index (χ1n) is 2.89. The predicted octanol–water partition coefficient (Wildman–Crippen LogP) is 0.350. The van der Waals surface area contributed by atoms with Gasteiger partial charge in [0.2, 0.25) is 0 Å². The van der Waals surface area contributed by atoms with Crippen molar-refractivity contribution in [2.75, 3.05) is 4.72 Å². The van der Waals surface area contributed by atoms with E-state index in [1.54, 1.807) is 0 Å². The molecule has 1 rings (SSSR count). The van der Waals surface area contributed by atoms with Crippen molar-refractivity contribution < 1.29 is 8.42 Å². The van der Waals surface area contributed by atoms with Gasteiger partial charge in [0.05, 0.1) is 16.9 Å². The van der Waals surface area contributed by atoms with Crippen LogP contribution < -0.4 is 9.86 Å². The topological polar surface area (TPSA) is 85.1 Å². The van der Waals surface area contributed by atoms with Crippen molar-refractivity contribution in [3.05, 3.63) is 23.5 Å². The summed E-state index contributed by atoms with van der Waals surface area (Å²) in [4.78, 5) is 3.66. The second kappa shape index (κ2) is 3.26. The maximum absolute atomic E-state index is 10.5. The molecule has 7 heteroatoms. The molecular weight excluding hydrogens is 202 g/mol. The number of nitrogens with two attached hydrogens (primary N) is 1. The van der Waals surface area contributed by atoms with Gasteiger partial charge < -0.3 is 0 Å². The highest BCUT2D eigenvalue weighted by atomic mass is 35.5. The minimum atomic E-state index is -3.77. The van der Waals surface area contributed by atoms with E-state index in [-0.39, 0.29) is 10.7 Å². The maximum atomic E-state index is 10.5. The molecule has 0 saturated carbocycles. The summed E-state index contributed by atoms with van der Waals surface area (Å²) >= 11 is 5.61. The van der Waals surface area contributed by atoms with Gasteiger partial charge in [-0.2, -0.15) is 8.42 Å². The Morgan fingerprint density at radius 3 is 2.75 bits per heavy atom. The Morgan fingerprint density at radius 1 is 1.58 bits per heavy atom. The van der Waals surface area contributed by atoms with Crippen LogP contribution in [-0.4, -0.2) is 13.4 Å². The molecule has 0 aliphatic carbocycles. The molecule has 0 spiro atoms. The van der Waals surface area contributed by atoms with E-state index in [0.29, 0.717) is 0 Å². The van der Waals surface area contributed by atoms with Gasteiger partial charge >= 0.3 is 0 Å². The van der Waals surface area contributed by atoms with Crippen LogP contribution in [0.2, 0.25) is 5.02 Å². The monoisotopic (exact) mass is 207 g/mol. The van der Waals surface area contributed by atoms with E-state index in [4.69, 9.17) is 16.7 Å². The summed E-state index contributed by atoms with van der Waals surface area (Å²) in [6.07, 6.45) is 2.71. The number of nitrogens with zero attached hydrogens (tertiary/aromatic N) is 1. The molecule has 0 aliphatic heterocycles. The van der Waals surface area contributed by atoms with Crippen LogP contribution in [0.3, 0.4) is 0 Å². The van der Waals surface area contributed by atoms with Crippen LogP contribution in [0.1, 0.15) is 0 Å². The van der Waals surface area contributed by atoms with Gasteiger partial charge in [-0.25, -0.2) is 5.14 Å². The SMILES string of the molecule is NS(=O)(=O)Nc1cnccc1Cl. The third-order valence-electron chi connectivity index (χ3n) is 1.02. The number of aromatic nitrogens is 1. The largest absolute Gasteiger partial charge is 0.296 e. The quantitative estimate of drug-likeness (QED) is 0.734. The van der Waals surface area contributed by atoms with Crippen molar-refractivity contribution >= 4 is 27.5 Å². The molecule has 5 nitrogen and oxygen atoms in total. The van der Waals surface area contributed by atoms with Gasteiger partial charge in [-0.15, -0.1) is 0 Å². The molecule has 0 saturated heterocycles. The molecule has 1 aromatic heterocycles. The van der Waals surface area contributed by atoms with Gasteiger partial charge in [0.1, 0.15) is 0 Å². The minimum Gasteiger partial charge on any atom is -0.268 e. The summed E-state index contributed by atoms with van der Waals surface area (Å²) in [5.74, 6) is 0. The van der Waals surface area contributed by atoms with Crippen LogP contribution in [0.25, 0.3) is 0 Å². The molecule has 12 heavy (non-hydrogen) atoms. The molecule has 0 amide bonds. The lowest BCUT2D eigenvalue weighted by Gasteiger charge is -2.03. The fourth-order valence-corrected chi connectivity index (χ4v) is 1.28. The van der Waals surface area contributed by atoms with E-state index in [0.717, 1.165) is 0 Å². The molecule has 3 N–H and O–H groups in total. The molecule has 66 valence electrons. The van der Waals surface area contributed by atoms with Crippen LogP contribution in [-0.2, 0) is 10.2 Å². The highest BCUT2D eigenvalue weighted by Gasteiger charge is 2.04. The average molecular weight is 208 g/mol. The Kier molecular flexibility index (Phi) is 2.51. The normalized spacial score (nSPS) is 11.2. The minimum absolute atomic E-state index is 0.168. The van der Waals surface area contributed by atoms with Crippen molar-refractivity contribution in [2.45, 2.75) is 0 Å². The fourth-order valence-electron chi connectivity index (χ4n) is 0.606. The van der Waals surface area contributed by atoms with Crippen molar-refractivity contribution in [3.63, 3.8) is 0 Å². The molecule has 0 bridgehead atoms. The summed E-state index contributed by atoms with van der Waals surface area (Å²) in [5.41, 5.74) is 0.168. The van der Waals surface area contributed by atoms with E-state index in [9.17, 15) is 8.42 Å². The summed E-state index contributed by atoms with van der Waals surface area (Å²) in [5, 5.41) is 4.96. The highest BCUT2D eigenvalue weighted by molar-refractivity contribution is 7.90. The van der Waals surface area contributed by atoms with E-state index >= 15 is 0 Å². The highest BCUT2D eigenvalue weighted by Crippen LogP contribution is 2.19. The maximum Gasteiger partial charge on any atom is 0.296 e. The standard InChI is InChI=1S/C5H6ClN3O2S/c6-4-1-2-8-3-5(4)9-12(7,10)11/h1-3,9H,(H2,7,10,11). The number of rotatable bonds is 2. The van der Waals surface area contributed by atoms with E-state index in [2.05, 4.69) is 4.98 Å². The number of anilines is 1. The van der Waals surface area contributed by atoms with E-state index < -0.39 is 10.2 Å². The second-order valence-corrected chi connectivity index (χ2v) is 3.70. The van der Waals surface area contributed by atoms with Gasteiger partial charge in [-0.1, -0.05) is 11.6 Å². The van der Waals surface area contributed by atoms with Crippen molar-refractivity contribution in [1.82, 2.24) is 4.98 Å². The lowest BCUT2D eigenvalue weighted by atomic mass is 10.4. The predicted molar refractivity (Wildman–Crippen MR) is 46.0 cm³/mol. The molecule has 0 radical (unpaired) electrons. The van der Waals surface area contributed by atoms with Gasteiger partial charge in [-0.05, 0) is 6.07 Å². The number of hydrogen-bond donors (Lipinski definition) is 2. The summed E-state index contributed by atoms with van der Waals surface area (Å²) in [6.45, 7) is 0. The first kappa shape index (κ1) is 9.24. The first-order chi connectivity index (χ1) is 5.49. The third kappa shape index (κ3) is 2.65. The molecule has 0 aliphatic rings. The van der Waals surface area contributed by atoms with E-state index in [1.165, 1.54) is 18.5 Å². The molecule has 1 aromatic rings. The molecule has 0 unspecified atom stereocenters. The van der Waals surface area contributed by atoms with Gasteiger partial charge in [0, 0.05) is 6.20 Å². The zero-order valence-corrected chi connectivity index (χ0v) is 7.43. The number of halogens is 1. The summed E-state index contributed by atoms with van der Waals surface area (Å²) in [7, 11) is -3.77. The molecule has 0 aromatic carbocycles. The molecular formula is C5H6ClN3O2S. The Bertz CT molecular complexity index is 378. The van der Waals surface area contributed by atoms with Crippen LogP contribution in [0.5, 0.6) is 0 Å². The van der Waals surface area contributed by atoms with Crippen molar-refractivity contribution in [1.29, 1.82) is 0 Å². The lowest BCUT2D eigenvalue weighted by Crippen LogP contribution is -2.21. The number of nitrogens with one attached hydrogen (secondary N) is 1. The van der Waals surface area contributed by atoms with Gasteiger partial charge in [0.25, 0.3) is 10.2 Å². The van der Waals surface area contributed by atoms with Crippen molar-refractivity contribution in [2.24, 2.45) is 5.14 Å². The number of pyridine rings is 1. The average Bonchev–Trinajstić information content (AvgIpc) is 1.91. The summed E-state index contributed by atoms with van der Waals surface area (Å²) in [6, 6.07) is 1.45. The number of hydrogen-bond acceptors (Lipinski definition) is 3. The van der Waals surface area contributed by atoms with Crippen LogP contribution in [0.4, 0.5) is 5.69 Å².